The van der Waals surface area contributed by atoms with Gasteiger partial charge >= 0.3 is 5.97 Å². The van der Waals surface area contributed by atoms with Crippen LogP contribution < -0.4 is 10.2 Å². The van der Waals surface area contributed by atoms with Gasteiger partial charge in [0, 0.05) is 12.1 Å². The smallest absolute Gasteiger partial charge is 0.331 e. The van der Waals surface area contributed by atoms with Gasteiger partial charge in [-0.3, -0.25) is 4.79 Å². The second-order valence-corrected chi connectivity index (χ2v) is 4.47. The van der Waals surface area contributed by atoms with Crippen molar-refractivity contribution in [1.29, 1.82) is 0 Å². The van der Waals surface area contributed by atoms with Crippen LogP contribution in [0.3, 0.4) is 0 Å². The van der Waals surface area contributed by atoms with E-state index in [-0.39, 0.29) is 23.9 Å². The number of rotatable bonds is 5. The number of hydrogen-bond donors (Lipinski definition) is 2. The number of hydrogen-bond acceptors (Lipinski definition) is 7. The molecule has 0 saturated heterocycles. The van der Waals surface area contributed by atoms with E-state index in [1.54, 1.807) is 12.1 Å². The normalized spacial score (nSPS) is 10.7. The highest BCUT2D eigenvalue weighted by atomic mass is 16.5. The second-order valence-electron chi connectivity index (χ2n) is 4.47. The van der Waals surface area contributed by atoms with E-state index in [1.807, 2.05) is 0 Å². The number of phenols is 1. The van der Waals surface area contributed by atoms with Crippen LogP contribution in [0.15, 0.2) is 45.8 Å². The summed E-state index contributed by atoms with van der Waals surface area (Å²) in [5, 5.41) is 18.5. The Balaban J connectivity index is 1.96. The monoisotopic (exact) mass is 318 g/mol. The van der Waals surface area contributed by atoms with Gasteiger partial charge in [0.1, 0.15) is 18.6 Å². The van der Waals surface area contributed by atoms with Crippen LogP contribution in [0.25, 0.3) is 6.08 Å². The Hall–Kier alpha value is -3.22. The van der Waals surface area contributed by atoms with E-state index in [1.165, 1.54) is 25.3 Å². The van der Waals surface area contributed by atoms with Gasteiger partial charge in [-0.25, -0.2) is 4.79 Å². The zero-order chi connectivity index (χ0) is 16.8. The maximum absolute atomic E-state index is 11.6. The first-order valence-electron chi connectivity index (χ1n) is 6.52. The van der Waals surface area contributed by atoms with E-state index in [2.05, 4.69) is 0 Å². The molecule has 0 aliphatic rings. The minimum atomic E-state index is -0.646. The summed E-state index contributed by atoms with van der Waals surface area (Å²) < 4.78 is 14.8. The predicted molar refractivity (Wildman–Crippen MR) is 80.1 cm³/mol. The molecule has 0 radical (unpaired) electrons. The van der Waals surface area contributed by atoms with E-state index in [4.69, 9.17) is 19.0 Å². The molecule has 0 amide bonds. The maximum atomic E-state index is 11.6. The van der Waals surface area contributed by atoms with Crippen molar-refractivity contribution in [3.05, 3.63) is 58.2 Å². The minimum absolute atomic E-state index is 0.00501. The lowest BCUT2D eigenvalue weighted by Gasteiger charge is -2.04. The van der Waals surface area contributed by atoms with Crippen LogP contribution in [0.5, 0.6) is 17.2 Å². The quantitative estimate of drug-likeness (QED) is 0.639. The average Bonchev–Trinajstić information content (AvgIpc) is 2.55. The molecule has 2 aromatic rings. The largest absolute Gasteiger partial charge is 0.504 e. The maximum Gasteiger partial charge on any atom is 0.331 e. The number of esters is 1. The van der Waals surface area contributed by atoms with Crippen molar-refractivity contribution < 1.29 is 28.9 Å². The molecule has 1 aromatic carbocycles. The fraction of sp³-hybridized carbons (Fsp3) is 0.125. The van der Waals surface area contributed by atoms with Crippen LogP contribution in [-0.2, 0) is 16.1 Å². The van der Waals surface area contributed by atoms with Gasteiger partial charge in [-0.15, -0.1) is 0 Å². The van der Waals surface area contributed by atoms with Gasteiger partial charge in [-0.1, -0.05) is 6.07 Å². The third-order valence-electron chi connectivity index (χ3n) is 2.84. The molecule has 2 rings (SSSR count). The Morgan fingerprint density at radius 2 is 2.04 bits per heavy atom. The van der Waals surface area contributed by atoms with Crippen molar-refractivity contribution in [2.45, 2.75) is 6.61 Å². The molecule has 0 fully saturated rings. The van der Waals surface area contributed by atoms with Crippen molar-refractivity contribution >= 4 is 12.0 Å². The Morgan fingerprint density at radius 1 is 1.26 bits per heavy atom. The Kier molecular flexibility index (Phi) is 5.03. The van der Waals surface area contributed by atoms with Crippen molar-refractivity contribution in [3.8, 4) is 17.2 Å². The summed E-state index contributed by atoms with van der Waals surface area (Å²) in [5.41, 5.74) is 0.0156. The van der Waals surface area contributed by atoms with Gasteiger partial charge in [0.2, 0.25) is 5.43 Å². The van der Waals surface area contributed by atoms with E-state index < -0.39 is 17.1 Å². The molecule has 2 N–H and O–H groups in total. The second kappa shape index (κ2) is 7.17. The number of aromatic hydroxyl groups is 2. The molecule has 0 spiro atoms. The number of phenolic OH excluding ortho intramolecular Hbond substituents is 1. The summed E-state index contributed by atoms with van der Waals surface area (Å²) in [6.07, 6.45) is 3.55. The van der Waals surface area contributed by atoms with Crippen LogP contribution in [-0.4, -0.2) is 23.3 Å². The summed E-state index contributed by atoms with van der Waals surface area (Å²) in [6.45, 7) is -0.238. The highest BCUT2D eigenvalue weighted by molar-refractivity contribution is 5.87. The van der Waals surface area contributed by atoms with E-state index >= 15 is 0 Å². The van der Waals surface area contributed by atoms with E-state index in [9.17, 15) is 14.7 Å². The van der Waals surface area contributed by atoms with Gasteiger partial charge in [-0.2, -0.15) is 0 Å². The first-order valence-corrected chi connectivity index (χ1v) is 6.52. The molecular formula is C16H14O7. The first-order chi connectivity index (χ1) is 11.0. The third-order valence-corrected chi connectivity index (χ3v) is 2.84. The van der Waals surface area contributed by atoms with E-state index in [0.717, 1.165) is 12.3 Å². The number of carbonyl (C=O) groups is 1. The molecule has 0 bridgehead atoms. The van der Waals surface area contributed by atoms with Crippen LogP contribution in [0.2, 0.25) is 0 Å². The lowest BCUT2D eigenvalue weighted by atomic mass is 10.2. The Bertz CT molecular complexity index is 789. The Morgan fingerprint density at radius 3 is 2.74 bits per heavy atom. The fourth-order valence-corrected chi connectivity index (χ4v) is 1.67. The molecule has 0 saturated carbocycles. The minimum Gasteiger partial charge on any atom is -0.504 e. The number of ether oxygens (including phenoxy) is 2. The molecule has 1 aromatic heterocycles. The van der Waals surface area contributed by atoms with Crippen molar-refractivity contribution in [2.24, 2.45) is 0 Å². The van der Waals surface area contributed by atoms with Gasteiger partial charge in [0.25, 0.3) is 0 Å². The molecule has 120 valence electrons. The zero-order valence-electron chi connectivity index (χ0n) is 12.2. The molecule has 0 aliphatic carbocycles. The predicted octanol–water partition coefficient (Wildman–Crippen LogP) is 1.82. The molecule has 1 heterocycles. The third kappa shape index (κ3) is 4.37. The lowest BCUT2D eigenvalue weighted by molar-refractivity contribution is -0.139. The standard InChI is InChI=1S/C16H14O7/c1-21-15-6-10(2-4-12(15)17)3-5-16(20)23-8-11-7-13(18)14(19)9-22-11/h2-7,9,17,19H,8H2,1H3/b5-3+. The molecule has 7 heteroatoms. The van der Waals surface area contributed by atoms with Crippen LogP contribution >= 0.6 is 0 Å². The molecule has 0 unspecified atom stereocenters. The van der Waals surface area contributed by atoms with Gasteiger partial charge in [0.05, 0.1) is 7.11 Å². The summed E-state index contributed by atoms with van der Waals surface area (Å²) in [6, 6.07) is 5.63. The first kappa shape index (κ1) is 16.2. The van der Waals surface area contributed by atoms with E-state index in [0.29, 0.717) is 5.56 Å². The topological polar surface area (TPSA) is 106 Å². The van der Waals surface area contributed by atoms with Gasteiger partial charge in [-0.05, 0) is 23.8 Å². The van der Waals surface area contributed by atoms with Crippen LogP contribution in [0.4, 0.5) is 0 Å². The number of carbonyl (C=O) groups excluding carboxylic acids is 1. The Labute approximate surface area is 131 Å². The van der Waals surface area contributed by atoms with Crippen molar-refractivity contribution in [1.82, 2.24) is 0 Å². The van der Waals surface area contributed by atoms with Crippen molar-refractivity contribution in [2.75, 3.05) is 7.11 Å². The van der Waals surface area contributed by atoms with Crippen LogP contribution in [0.1, 0.15) is 11.3 Å². The summed E-state index contributed by atoms with van der Waals surface area (Å²) in [4.78, 5) is 22.8. The summed E-state index contributed by atoms with van der Waals surface area (Å²) in [5.74, 6) is -0.768. The van der Waals surface area contributed by atoms with Crippen LogP contribution in [0, 0.1) is 0 Å². The average molecular weight is 318 g/mol. The summed E-state index contributed by atoms with van der Waals surface area (Å²) in [7, 11) is 1.42. The molecule has 0 aliphatic heterocycles. The number of methoxy groups -OCH3 is 1. The van der Waals surface area contributed by atoms with Crippen molar-refractivity contribution in [3.63, 3.8) is 0 Å². The van der Waals surface area contributed by atoms with Gasteiger partial charge < -0.3 is 24.1 Å². The lowest BCUT2D eigenvalue weighted by Crippen LogP contribution is -2.04. The number of benzene rings is 1. The summed E-state index contributed by atoms with van der Waals surface area (Å²) >= 11 is 0. The highest BCUT2D eigenvalue weighted by Gasteiger charge is 2.05. The SMILES string of the molecule is COc1cc(/C=C/C(=O)OCc2cc(=O)c(O)co2)ccc1O. The zero-order valence-corrected chi connectivity index (χ0v) is 12.2. The molecular weight excluding hydrogens is 304 g/mol. The highest BCUT2D eigenvalue weighted by Crippen LogP contribution is 2.26. The molecule has 7 nitrogen and oxygen atoms in total. The fourth-order valence-electron chi connectivity index (χ4n) is 1.67. The van der Waals surface area contributed by atoms with Gasteiger partial charge in [0.15, 0.2) is 17.2 Å². The molecule has 0 atom stereocenters. The molecule has 23 heavy (non-hydrogen) atoms.